The zero-order chi connectivity index (χ0) is 20.3. The van der Waals surface area contributed by atoms with E-state index >= 15 is 0 Å². The van der Waals surface area contributed by atoms with E-state index in [1.54, 1.807) is 37.3 Å². The first-order valence-corrected chi connectivity index (χ1v) is 8.70. The SMILES string of the molecule is COc1ccc(C(C)NC(=O)c2ccc(CN3C(=O)CNC3=O)cc2)cc1F. The van der Waals surface area contributed by atoms with Gasteiger partial charge in [0.15, 0.2) is 11.6 Å². The second kappa shape index (κ2) is 8.08. The van der Waals surface area contributed by atoms with Crippen LogP contribution in [0.25, 0.3) is 0 Å². The Balaban J connectivity index is 1.63. The second-order valence-electron chi connectivity index (χ2n) is 6.42. The molecule has 0 radical (unpaired) electrons. The van der Waals surface area contributed by atoms with Crippen molar-refractivity contribution in [2.24, 2.45) is 0 Å². The molecule has 0 spiro atoms. The van der Waals surface area contributed by atoms with Gasteiger partial charge in [0, 0.05) is 5.56 Å². The summed E-state index contributed by atoms with van der Waals surface area (Å²) in [6.45, 7) is 1.91. The first-order valence-electron chi connectivity index (χ1n) is 8.70. The molecule has 8 heteroatoms. The van der Waals surface area contributed by atoms with Crippen LogP contribution in [0.4, 0.5) is 9.18 Å². The minimum absolute atomic E-state index is 0.00314. The normalized spacial score (nSPS) is 14.6. The summed E-state index contributed by atoms with van der Waals surface area (Å²) in [5.74, 6) is -0.952. The number of nitrogens with zero attached hydrogens (tertiary/aromatic N) is 1. The lowest BCUT2D eigenvalue weighted by Gasteiger charge is -2.16. The molecule has 0 aromatic heterocycles. The molecule has 3 rings (SSSR count). The number of hydrogen-bond acceptors (Lipinski definition) is 4. The van der Waals surface area contributed by atoms with Gasteiger partial charge in [-0.05, 0) is 42.3 Å². The van der Waals surface area contributed by atoms with Crippen LogP contribution in [0.5, 0.6) is 5.75 Å². The maximum atomic E-state index is 13.8. The van der Waals surface area contributed by atoms with E-state index in [0.29, 0.717) is 11.1 Å². The molecule has 1 fully saturated rings. The molecule has 1 aliphatic heterocycles. The van der Waals surface area contributed by atoms with Crippen LogP contribution in [-0.2, 0) is 11.3 Å². The fourth-order valence-electron chi connectivity index (χ4n) is 2.87. The molecule has 1 heterocycles. The van der Waals surface area contributed by atoms with E-state index in [1.807, 2.05) is 0 Å². The third-order valence-corrected chi connectivity index (χ3v) is 4.52. The smallest absolute Gasteiger partial charge is 0.324 e. The zero-order valence-electron chi connectivity index (χ0n) is 15.5. The standard InChI is InChI=1S/C20H20FN3O4/c1-12(15-7-8-17(28-2)16(21)9-15)23-19(26)14-5-3-13(4-6-14)11-24-18(25)10-22-20(24)27/h3-9,12H,10-11H2,1-2H3,(H,22,27)(H,23,26). The van der Waals surface area contributed by atoms with Gasteiger partial charge >= 0.3 is 6.03 Å². The van der Waals surface area contributed by atoms with Crippen LogP contribution in [0.1, 0.15) is 34.5 Å². The summed E-state index contributed by atoms with van der Waals surface area (Å²) in [5.41, 5.74) is 1.76. The molecule has 0 saturated carbocycles. The summed E-state index contributed by atoms with van der Waals surface area (Å²) in [4.78, 5) is 36.8. The van der Waals surface area contributed by atoms with E-state index in [2.05, 4.69) is 10.6 Å². The van der Waals surface area contributed by atoms with Gasteiger partial charge in [0.1, 0.15) is 0 Å². The molecule has 1 saturated heterocycles. The Kier molecular flexibility index (Phi) is 5.58. The van der Waals surface area contributed by atoms with Crippen molar-refractivity contribution in [2.75, 3.05) is 13.7 Å². The summed E-state index contributed by atoms with van der Waals surface area (Å²) >= 11 is 0. The van der Waals surface area contributed by atoms with Crippen molar-refractivity contribution in [3.05, 3.63) is 65.0 Å². The largest absolute Gasteiger partial charge is 0.494 e. The molecule has 1 unspecified atom stereocenters. The summed E-state index contributed by atoms with van der Waals surface area (Å²) < 4.78 is 18.7. The van der Waals surface area contributed by atoms with Gasteiger partial charge in [-0.1, -0.05) is 18.2 Å². The lowest BCUT2D eigenvalue weighted by atomic mass is 10.1. The Morgan fingerprint density at radius 2 is 1.96 bits per heavy atom. The fraction of sp³-hybridized carbons (Fsp3) is 0.250. The summed E-state index contributed by atoms with van der Waals surface area (Å²) in [7, 11) is 1.39. The van der Waals surface area contributed by atoms with Crippen molar-refractivity contribution in [2.45, 2.75) is 19.5 Å². The number of nitrogens with one attached hydrogen (secondary N) is 2. The highest BCUT2D eigenvalue weighted by molar-refractivity contribution is 6.01. The average Bonchev–Trinajstić information content (AvgIpc) is 3.00. The van der Waals surface area contributed by atoms with Gasteiger partial charge in [-0.3, -0.25) is 14.5 Å². The molecule has 7 nitrogen and oxygen atoms in total. The van der Waals surface area contributed by atoms with E-state index in [1.165, 1.54) is 19.2 Å². The van der Waals surface area contributed by atoms with Gasteiger partial charge in [-0.25, -0.2) is 9.18 Å². The molecular formula is C20H20FN3O4. The van der Waals surface area contributed by atoms with E-state index in [9.17, 15) is 18.8 Å². The topological polar surface area (TPSA) is 87.7 Å². The van der Waals surface area contributed by atoms with E-state index in [0.717, 1.165) is 10.5 Å². The Hall–Kier alpha value is -3.42. The monoisotopic (exact) mass is 385 g/mol. The van der Waals surface area contributed by atoms with E-state index in [-0.39, 0.29) is 30.7 Å². The average molecular weight is 385 g/mol. The predicted molar refractivity (Wildman–Crippen MR) is 99.2 cm³/mol. The molecular weight excluding hydrogens is 365 g/mol. The van der Waals surface area contributed by atoms with Gasteiger partial charge in [0.05, 0.1) is 26.2 Å². The van der Waals surface area contributed by atoms with Crippen molar-refractivity contribution < 1.29 is 23.5 Å². The first-order chi connectivity index (χ1) is 13.4. The van der Waals surface area contributed by atoms with Crippen LogP contribution < -0.4 is 15.4 Å². The molecule has 2 aromatic rings. The Morgan fingerprint density at radius 3 is 2.54 bits per heavy atom. The molecule has 0 bridgehead atoms. The fourth-order valence-corrected chi connectivity index (χ4v) is 2.87. The van der Waals surface area contributed by atoms with Gasteiger partial charge in [-0.15, -0.1) is 0 Å². The molecule has 28 heavy (non-hydrogen) atoms. The van der Waals surface area contributed by atoms with E-state index in [4.69, 9.17) is 4.74 Å². The third kappa shape index (κ3) is 4.11. The number of halogens is 1. The molecule has 1 aliphatic rings. The molecule has 146 valence electrons. The molecule has 2 aromatic carbocycles. The van der Waals surface area contributed by atoms with Gasteiger partial charge < -0.3 is 15.4 Å². The highest BCUT2D eigenvalue weighted by atomic mass is 19.1. The van der Waals surface area contributed by atoms with Crippen LogP contribution in [0, 0.1) is 5.82 Å². The van der Waals surface area contributed by atoms with Crippen LogP contribution in [0.2, 0.25) is 0 Å². The number of imide groups is 1. The minimum Gasteiger partial charge on any atom is -0.494 e. The Morgan fingerprint density at radius 1 is 1.25 bits per heavy atom. The number of ether oxygens (including phenoxy) is 1. The molecule has 0 aliphatic carbocycles. The van der Waals surface area contributed by atoms with Gasteiger partial charge in [0.25, 0.3) is 5.91 Å². The number of amides is 4. The second-order valence-corrected chi connectivity index (χ2v) is 6.42. The Labute approximate surface area is 161 Å². The van der Waals surface area contributed by atoms with Crippen molar-refractivity contribution in [3.8, 4) is 5.75 Å². The number of carbonyl (C=O) groups is 3. The highest BCUT2D eigenvalue weighted by Gasteiger charge is 2.28. The lowest BCUT2D eigenvalue weighted by Crippen LogP contribution is -2.30. The zero-order valence-corrected chi connectivity index (χ0v) is 15.5. The number of methoxy groups -OCH3 is 1. The Bertz CT molecular complexity index is 898. The minimum atomic E-state index is -0.494. The van der Waals surface area contributed by atoms with Crippen molar-refractivity contribution >= 4 is 17.8 Å². The third-order valence-electron chi connectivity index (χ3n) is 4.52. The highest BCUT2D eigenvalue weighted by Crippen LogP contribution is 2.22. The summed E-state index contributed by atoms with van der Waals surface area (Å²) in [5, 5.41) is 5.27. The maximum absolute atomic E-state index is 13.8. The number of rotatable bonds is 6. The predicted octanol–water partition coefficient (Wildman–Crippen LogP) is 2.38. The number of benzene rings is 2. The van der Waals surface area contributed by atoms with Crippen LogP contribution in [0.3, 0.4) is 0 Å². The summed E-state index contributed by atoms with van der Waals surface area (Å²) in [6.07, 6.45) is 0. The molecule has 4 amide bonds. The first kappa shape index (κ1) is 19.3. The van der Waals surface area contributed by atoms with Crippen LogP contribution >= 0.6 is 0 Å². The van der Waals surface area contributed by atoms with Crippen molar-refractivity contribution in [3.63, 3.8) is 0 Å². The van der Waals surface area contributed by atoms with E-state index < -0.39 is 17.9 Å². The number of carbonyl (C=O) groups excluding carboxylic acids is 3. The van der Waals surface area contributed by atoms with Crippen LogP contribution in [0.15, 0.2) is 42.5 Å². The lowest BCUT2D eigenvalue weighted by molar-refractivity contribution is -0.125. The summed E-state index contributed by atoms with van der Waals surface area (Å²) in [6, 6.07) is 10.3. The van der Waals surface area contributed by atoms with Crippen LogP contribution in [-0.4, -0.2) is 36.4 Å². The quantitative estimate of drug-likeness (QED) is 0.748. The number of urea groups is 1. The maximum Gasteiger partial charge on any atom is 0.324 e. The van der Waals surface area contributed by atoms with Gasteiger partial charge in [0.2, 0.25) is 5.91 Å². The molecule has 1 atom stereocenters. The van der Waals surface area contributed by atoms with Gasteiger partial charge in [-0.2, -0.15) is 0 Å². The van der Waals surface area contributed by atoms with Crippen molar-refractivity contribution in [1.29, 1.82) is 0 Å². The molecule has 2 N–H and O–H groups in total. The van der Waals surface area contributed by atoms with Crippen molar-refractivity contribution in [1.82, 2.24) is 15.5 Å². The number of hydrogen-bond donors (Lipinski definition) is 2.